The third kappa shape index (κ3) is 2.20. The van der Waals surface area contributed by atoms with Crippen molar-refractivity contribution in [2.45, 2.75) is 6.42 Å². The van der Waals surface area contributed by atoms with E-state index >= 15 is 0 Å². The molecule has 0 saturated carbocycles. The maximum absolute atomic E-state index is 12.3. The van der Waals surface area contributed by atoms with Crippen LogP contribution in [0.25, 0.3) is 11.0 Å². The van der Waals surface area contributed by atoms with Crippen molar-refractivity contribution in [3.05, 3.63) is 48.0 Å². The normalized spacial score (nSPS) is 10.8. The standard InChI is InChI=1S/C13H11N5O/c1-18-8-9(16-17-18)7-12(19)10-3-2-4-11-13(10)15-6-5-14-11/h2-6,8H,7H2,1H3. The molecule has 0 fully saturated rings. The molecule has 6 nitrogen and oxygen atoms in total. The number of Topliss-reactive ketones (excluding diaryl/α,β-unsaturated/α-hetero) is 1. The van der Waals surface area contributed by atoms with Crippen LogP contribution in [-0.4, -0.2) is 30.7 Å². The number of aromatic nitrogens is 5. The predicted octanol–water partition coefficient (Wildman–Crippen LogP) is 1.18. The van der Waals surface area contributed by atoms with Crippen LogP contribution in [0.2, 0.25) is 0 Å². The minimum absolute atomic E-state index is 0.0356. The second-order valence-corrected chi connectivity index (χ2v) is 4.21. The number of carbonyl (C=O) groups excluding carboxylic acids is 1. The van der Waals surface area contributed by atoms with Gasteiger partial charge < -0.3 is 0 Å². The van der Waals surface area contributed by atoms with Crippen molar-refractivity contribution in [1.29, 1.82) is 0 Å². The van der Waals surface area contributed by atoms with E-state index in [1.165, 1.54) is 0 Å². The number of para-hydroxylation sites is 1. The molecule has 0 aliphatic rings. The predicted molar refractivity (Wildman–Crippen MR) is 68.6 cm³/mol. The SMILES string of the molecule is Cn1cc(CC(=O)c2cccc3nccnc23)nn1. The molecular weight excluding hydrogens is 242 g/mol. The van der Waals surface area contributed by atoms with Gasteiger partial charge in [-0.3, -0.25) is 19.4 Å². The van der Waals surface area contributed by atoms with Crippen molar-refractivity contribution in [3.8, 4) is 0 Å². The van der Waals surface area contributed by atoms with E-state index in [0.717, 1.165) is 0 Å². The summed E-state index contributed by atoms with van der Waals surface area (Å²) in [7, 11) is 1.77. The zero-order valence-electron chi connectivity index (χ0n) is 10.3. The number of rotatable bonds is 3. The molecule has 0 amide bonds. The average Bonchev–Trinajstić information content (AvgIpc) is 2.83. The Morgan fingerprint density at radius 1 is 1.26 bits per heavy atom. The molecule has 0 N–H and O–H groups in total. The van der Waals surface area contributed by atoms with Crippen molar-refractivity contribution < 1.29 is 4.79 Å². The Bertz CT molecular complexity index is 744. The van der Waals surface area contributed by atoms with Crippen molar-refractivity contribution >= 4 is 16.8 Å². The van der Waals surface area contributed by atoms with Crippen molar-refractivity contribution in [1.82, 2.24) is 25.0 Å². The summed E-state index contributed by atoms with van der Waals surface area (Å²) in [5.74, 6) is -0.0356. The lowest BCUT2D eigenvalue weighted by atomic mass is 10.1. The molecule has 2 heterocycles. The number of ketones is 1. The van der Waals surface area contributed by atoms with Crippen LogP contribution in [0.3, 0.4) is 0 Å². The molecule has 0 radical (unpaired) electrons. The molecule has 2 aromatic heterocycles. The Kier molecular flexibility index (Phi) is 2.75. The first-order valence-electron chi connectivity index (χ1n) is 5.82. The number of fused-ring (bicyclic) bond motifs is 1. The summed E-state index contributed by atoms with van der Waals surface area (Å²) in [6.45, 7) is 0. The Labute approximate surface area is 109 Å². The maximum atomic E-state index is 12.3. The molecule has 0 saturated heterocycles. The van der Waals surface area contributed by atoms with Crippen molar-refractivity contribution in [2.75, 3.05) is 0 Å². The Morgan fingerprint density at radius 2 is 2.11 bits per heavy atom. The molecule has 0 unspecified atom stereocenters. The minimum atomic E-state index is -0.0356. The van der Waals surface area contributed by atoms with Gasteiger partial charge in [0.05, 0.1) is 23.1 Å². The Balaban J connectivity index is 1.97. The smallest absolute Gasteiger partial charge is 0.171 e. The summed E-state index contributed by atoms with van der Waals surface area (Å²) >= 11 is 0. The molecule has 94 valence electrons. The molecule has 0 aliphatic heterocycles. The van der Waals surface area contributed by atoms with Gasteiger partial charge in [0.25, 0.3) is 0 Å². The molecule has 1 aromatic carbocycles. The van der Waals surface area contributed by atoms with Gasteiger partial charge in [0.2, 0.25) is 0 Å². The fourth-order valence-corrected chi connectivity index (χ4v) is 1.95. The highest BCUT2D eigenvalue weighted by molar-refractivity contribution is 6.06. The molecule has 3 aromatic rings. The van der Waals surface area contributed by atoms with Crippen LogP contribution in [0.1, 0.15) is 16.1 Å². The van der Waals surface area contributed by atoms with Crippen LogP contribution in [-0.2, 0) is 13.5 Å². The topological polar surface area (TPSA) is 73.6 Å². The van der Waals surface area contributed by atoms with Gasteiger partial charge in [-0.15, -0.1) is 5.10 Å². The van der Waals surface area contributed by atoms with Crippen LogP contribution < -0.4 is 0 Å². The van der Waals surface area contributed by atoms with Gasteiger partial charge in [-0.05, 0) is 12.1 Å². The fraction of sp³-hybridized carbons (Fsp3) is 0.154. The molecule has 6 heteroatoms. The van der Waals surface area contributed by atoms with Gasteiger partial charge in [0, 0.05) is 31.2 Å². The van der Waals surface area contributed by atoms with E-state index in [-0.39, 0.29) is 12.2 Å². The minimum Gasteiger partial charge on any atom is -0.294 e. The van der Waals surface area contributed by atoms with E-state index in [2.05, 4.69) is 20.3 Å². The van der Waals surface area contributed by atoms with Crippen LogP contribution in [0.5, 0.6) is 0 Å². The zero-order chi connectivity index (χ0) is 13.2. The Morgan fingerprint density at radius 3 is 2.89 bits per heavy atom. The van der Waals surface area contributed by atoms with Crippen molar-refractivity contribution in [2.24, 2.45) is 7.05 Å². The van der Waals surface area contributed by atoms with Gasteiger partial charge in [-0.2, -0.15) is 0 Å². The molecule has 0 bridgehead atoms. The number of benzene rings is 1. The van der Waals surface area contributed by atoms with E-state index in [1.54, 1.807) is 42.5 Å². The number of carbonyl (C=O) groups is 1. The van der Waals surface area contributed by atoms with Gasteiger partial charge >= 0.3 is 0 Å². The first-order chi connectivity index (χ1) is 9.24. The number of nitrogens with zero attached hydrogens (tertiary/aromatic N) is 5. The fourth-order valence-electron chi connectivity index (χ4n) is 1.95. The van der Waals surface area contributed by atoms with E-state index in [9.17, 15) is 4.79 Å². The molecule has 0 spiro atoms. The molecule has 19 heavy (non-hydrogen) atoms. The summed E-state index contributed by atoms with van der Waals surface area (Å²) in [4.78, 5) is 20.7. The van der Waals surface area contributed by atoms with E-state index in [1.807, 2.05) is 6.07 Å². The summed E-state index contributed by atoms with van der Waals surface area (Å²) in [6.07, 6.45) is 5.14. The second-order valence-electron chi connectivity index (χ2n) is 4.21. The highest BCUT2D eigenvalue weighted by Gasteiger charge is 2.13. The highest BCUT2D eigenvalue weighted by Crippen LogP contribution is 2.15. The van der Waals surface area contributed by atoms with E-state index in [0.29, 0.717) is 22.3 Å². The summed E-state index contributed by atoms with van der Waals surface area (Å²) in [5, 5.41) is 7.73. The molecule has 3 rings (SSSR count). The highest BCUT2D eigenvalue weighted by atomic mass is 16.1. The Hall–Kier alpha value is -2.63. The maximum Gasteiger partial charge on any atom is 0.171 e. The summed E-state index contributed by atoms with van der Waals surface area (Å²) in [6, 6.07) is 5.40. The van der Waals surface area contributed by atoms with Crippen LogP contribution >= 0.6 is 0 Å². The number of hydrogen-bond acceptors (Lipinski definition) is 5. The first-order valence-corrected chi connectivity index (χ1v) is 5.82. The molecule has 0 atom stereocenters. The van der Waals surface area contributed by atoms with E-state index in [4.69, 9.17) is 0 Å². The largest absolute Gasteiger partial charge is 0.294 e. The third-order valence-electron chi connectivity index (χ3n) is 2.79. The van der Waals surface area contributed by atoms with Gasteiger partial charge in [0.1, 0.15) is 0 Å². The summed E-state index contributed by atoms with van der Waals surface area (Å²) in [5.41, 5.74) is 2.55. The average molecular weight is 253 g/mol. The zero-order valence-corrected chi connectivity index (χ0v) is 10.3. The first kappa shape index (κ1) is 11.5. The number of hydrogen-bond donors (Lipinski definition) is 0. The van der Waals surface area contributed by atoms with Gasteiger partial charge in [-0.25, -0.2) is 0 Å². The molecular formula is C13H11N5O. The lowest BCUT2D eigenvalue weighted by molar-refractivity contribution is 0.0993. The number of aryl methyl sites for hydroxylation is 1. The van der Waals surface area contributed by atoms with Crippen molar-refractivity contribution in [3.63, 3.8) is 0 Å². The summed E-state index contributed by atoms with van der Waals surface area (Å²) < 4.78 is 1.57. The quantitative estimate of drug-likeness (QED) is 0.655. The monoisotopic (exact) mass is 253 g/mol. The lowest BCUT2D eigenvalue weighted by Crippen LogP contribution is -2.05. The third-order valence-corrected chi connectivity index (χ3v) is 2.79. The van der Waals surface area contributed by atoms with Crippen LogP contribution in [0, 0.1) is 0 Å². The van der Waals surface area contributed by atoms with E-state index < -0.39 is 0 Å². The second kappa shape index (κ2) is 4.56. The lowest BCUT2D eigenvalue weighted by Gasteiger charge is -2.02. The van der Waals surface area contributed by atoms with Gasteiger partial charge in [-0.1, -0.05) is 11.3 Å². The molecule has 0 aliphatic carbocycles. The van der Waals surface area contributed by atoms with Crippen LogP contribution in [0.15, 0.2) is 36.8 Å². The van der Waals surface area contributed by atoms with Crippen LogP contribution in [0.4, 0.5) is 0 Å². The van der Waals surface area contributed by atoms with Gasteiger partial charge in [0.15, 0.2) is 5.78 Å².